The summed E-state index contributed by atoms with van der Waals surface area (Å²) in [5, 5.41) is 7.84. The van der Waals surface area contributed by atoms with Crippen LogP contribution in [0.2, 0.25) is 0 Å². The number of nitrogens with one attached hydrogen (secondary N) is 2. The van der Waals surface area contributed by atoms with Gasteiger partial charge in [0.1, 0.15) is 5.82 Å². The van der Waals surface area contributed by atoms with Crippen molar-refractivity contribution in [1.29, 1.82) is 0 Å². The van der Waals surface area contributed by atoms with E-state index in [0.29, 0.717) is 32.6 Å². The van der Waals surface area contributed by atoms with Gasteiger partial charge in [0.15, 0.2) is 0 Å². The Morgan fingerprint density at radius 3 is 2.74 bits per heavy atom. The molecule has 3 rings (SSSR count). The summed E-state index contributed by atoms with van der Waals surface area (Å²) in [5.41, 5.74) is 0.981. The van der Waals surface area contributed by atoms with Gasteiger partial charge in [0.05, 0.1) is 12.5 Å². The van der Waals surface area contributed by atoms with Crippen molar-refractivity contribution in [1.82, 2.24) is 15.5 Å². The highest BCUT2D eigenvalue weighted by atomic mass is 32.1. The van der Waals surface area contributed by atoms with Crippen LogP contribution in [0.5, 0.6) is 0 Å². The fourth-order valence-electron chi connectivity index (χ4n) is 3.19. The summed E-state index contributed by atoms with van der Waals surface area (Å²) in [5.74, 6) is -0.463. The van der Waals surface area contributed by atoms with E-state index in [-0.39, 0.29) is 23.7 Å². The third-order valence-electron chi connectivity index (χ3n) is 4.70. The molecule has 1 aromatic carbocycles. The molecular formula is C20H24FN3O2S. The van der Waals surface area contributed by atoms with E-state index >= 15 is 0 Å². The van der Waals surface area contributed by atoms with E-state index in [4.69, 9.17) is 0 Å². The smallest absolute Gasteiger partial charge is 0.317 e. The number of hydrogen-bond donors (Lipinski definition) is 2. The zero-order valence-electron chi connectivity index (χ0n) is 15.1. The second-order valence-electron chi connectivity index (χ2n) is 6.69. The average molecular weight is 389 g/mol. The second-order valence-corrected chi connectivity index (χ2v) is 7.72. The van der Waals surface area contributed by atoms with Gasteiger partial charge in [-0.15, -0.1) is 11.3 Å². The van der Waals surface area contributed by atoms with Crippen molar-refractivity contribution >= 4 is 23.3 Å². The fraction of sp³-hybridized carbons (Fsp3) is 0.400. The molecule has 1 aromatic heterocycles. The van der Waals surface area contributed by atoms with Crippen LogP contribution < -0.4 is 10.6 Å². The number of carbonyl (C=O) groups excluding carboxylic acids is 2. The van der Waals surface area contributed by atoms with Gasteiger partial charge in [0.2, 0.25) is 5.91 Å². The van der Waals surface area contributed by atoms with Crippen molar-refractivity contribution < 1.29 is 14.0 Å². The number of hydrogen-bond acceptors (Lipinski definition) is 3. The van der Waals surface area contributed by atoms with Crippen molar-refractivity contribution in [3.05, 3.63) is 58.0 Å². The number of amides is 3. The van der Waals surface area contributed by atoms with Crippen LogP contribution >= 0.6 is 11.3 Å². The number of rotatable bonds is 6. The first-order chi connectivity index (χ1) is 13.1. The molecule has 0 bridgehead atoms. The highest BCUT2D eigenvalue weighted by Gasteiger charge is 2.28. The Hall–Kier alpha value is -2.41. The number of urea groups is 1. The standard InChI is InChI=1S/C20H24FN3O2S/c21-17-7-5-15(6-8-17)9-10-22-19(25)16-3-1-11-24(14-16)20(26)23-13-18-4-2-12-27-18/h2,4-8,12,16H,1,3,9-11,13-14H2,(H,22,25)(H,23,26). The van der Waals surface area contributed by atoms with E-state index in [1.54, 1.807) is 28.4 Å². The van der Waals surface area contributed by atoms with Gasteiger partial charge < -0.3 is 15.5 Å². The lowest BCUT2D eigenvalue weighted by molar-refractivity contribution is -0.126. The summed E-state index contributed by atoms with van der Waals surface area (Å²) in [6, 6.07) is 10.1. The molecule has 0 radical (unpaired) electrons. The van der Waals surface area contributed by atoms with E-state index in [9.17, 15) is 14.0 Å². The van der Waals surface area contributed by atoms with Gasteiger partial charge in [-0.2, -0.15) is 0 Å². The minimum absolute atomic E-state index is 0.0205. The number of piperidine rings is 1. The lowest BCUT2D eigenvalue weighted by Crippen LogP contribution is -2.48. The first kappa shape index (κ1) is 19.4. The van der Waals surface area contributed by atoms with Crippen molar-refractivity contribution in [2.24, 2.45) is 5.92 Å². The Morgan fingerprint density at radius 1 is 1.19 bits per heavy atom. The van der Waals surface area contributed by atoms with Crippen LogP contribution in [0.4, 0.5) is 9.18 Å². The quantitative estimate of drug-likeness (QED) is 0.797. The fourth-order valence-corrected chi connectivity index (χ4v) is 3.83. The zero-order valence-corrected chi connectivity index (χ0v) is 15.9. The summed E-state index contributed by atoms with van der Waals surface area (Å²) in [4.78, 5) is 27.6. The van der Waals surface area contributed by atoms with Crippen molar-refractivity contribution in [3.63, 3.8) is 0 Å². The molecule has 1 unspecified atom stereocenters. The predicted molar refractivity (Wildman–Crippen MR) is 104 cm³/mol. The minimum Gasteiger partial charge on any atom is -0.355 e. The van der Waals surface area contributed by atoms with E-state index in [0.717, 1.165) is 23.3 Å². The third kappa shape index (κ3) is 5.79. The molecule has 0 saturated carbocycles. The molecule has 2 heterocycles. The van der Waals surface area contributed by atoms with Crippen LogP contribution in [0.25, 0.3) is 0 Å². The van der Waals surface area contributed by atoms with Gasteiger partial charge >= 0.3 is 6.03 Å². The molecule has 0 spiro atoms. The van der Waals surface area contributed by atoms with Gasteiger partial charge in [-0.05, 0) is 48.4 Å². The van der Waals surface area contributed by atoms with Gasteiger partial charge in [0.25, 0.3) is 0 Å². The minimum atomic E-state index is -0.262. The summed E-state index contributed by atoms with van der Waals surface area (Å²) in [7, 11) is 0. The molecule has 1 atom stereocenters. The third-order valence-corrected chi connectivity index (χ3v) is 5.58. The number of benzene rings is 1. The largest absolute Gasteiger partial charge is 0.355 e. The number of carbonyl (C=O) groups is 2. The molecule has 1 saturated heterocycles. The predicted octanol–water partition coefficient (Wildman–Crippen LogP) is 3.17. The number of nitrogens with zero attached hydrogens (tertiary/aromatic N) is 1. The molecular weight excluding hydrogens is 365 g/mol. The molecule has 1 fully saturated rings. The molecule has 5 nitrogen and oxygen atoms in total. The van der Waals surface area contributed by atoms with Gasteiger partial charge in [-0.1, -0.05) is 18.2 Å². The zero-order chi connectivity index (χ0) is 19.1. The van der Waals surface area contributed by atoms with E-state index < -0.39 is 0 Å². The highest BCUT2D eigenvalue weighted by Crippen LogP contribution is 2.17. The van der Waals surface area contributed by atoms with Crippen molar-refractivity contribution in [3.8, 4) is 0 Å². The molecule has 27 heavy (non-hydrogen) atoms. The molecule has 3 amide bonds. The van der Waals surface area contributed by atoms with Crippen molar-refractivity contribution in [2.75, 3.05) is 19.6 Å². The Kier molecular flexibility index (Phi) is 6.81. The Balaban J connectivity index is 1.41. The van der Waals surface area contributed by atoms with E-state index in [1.165, 1.54) is 12.1 Å². The number of thiophene rings is 1. The van der Waals surface area contributed by atoms with Crippen LogP contribution in [0.1, 0.15) is 23.3 Å². The Labute approximate surface area is 162 Å². The van der Waals surface area contributed by atoms with E-state index in [2.05, 4.69) is 10.6 Å². The molecule has 0 aliphatic carbocycles. The van der Waals surface area contributed by atoms with Crippen LogP contribution in [-0.4, -0.2) is 36.5 Å². The van der Waals surface area contributed by atoms with Crippen LogP contribution in [0.15, 0.2) is 41.8 Å². The Bertz CT molecular complexity index is 749. The van der Waals surface area contributed by atoms with Gasteiger partial charge in [-0.3, -0.25) is 4.79 Å². The molecule has 2 aromatic rings. The maximum absolute atomic E-state index is 12.9. The summed E-state index contributed by atoms with van der Waals surface area (Å²) >= 11 is 1.61. The number of likely N-dealkylation sites (tertiary alicyclic amines) is 1. The second kappa shape index (κ2) is 9.50. The normalized spacial score (nSPS) is 16.8. The van der Waals surface area contributed by atoms with E-state index in [1.807, 2.05) is 17.5 Å². The maximum Gasteiger partial charge on any atom is 0.317 e. The molecule has 2 N–H and O–H groups in total. The molecule has 7 heteroatoms. The van der Waals surface area contributed by atoms with Crippen LogP contribution in [0, 0.1) is 11.7 Å². The summed E-state index contributed by atoms with van der Waals surface area (Å²) in [6.45, 7) is 2.14. The summed E-state index contributed by atoms with van der Waals surface area (Å²) < 4.78 is 12.9. The monoisotopic (exact) mass is 389 g/mol. The van der Waals surface area contributed by atoms with Crippen LogP contribution in [0.3, 0.4) is 0 Å². The van der Waals surface area contributed by atoms with Crippen molar-refractivity contribution in [2.45, 2.75) is 25.8 Å². The number of halogens is 1. The SMILES string of the molecule is O=C(NCCc1ccc(F)cc1)C1CCCN(C(=O)NCc2cccs2)C1. The maximum atomic E-state index is 12.9. The average Bonchev–Trinajstić information content (AvgIpc) is 3.21. The first-order valence-electron chi connectivity index (χ1n) is 9.19. The topological polar surface area (TPSA) is 61.4 Å². The van der Waals surface area contributed by atoms with Gasteiger partial charge in [-0.25, -0.2) is 9.18 Å². The molecule has 1 aliphatic heterocycles. The Morgan fingerprint density at radius 2 is 2.00 bits per heavy atom. The molecule has 1 aliphatic rings. The van der Waals surface area contributed by atoms with Crippen LogP contribution in [-0.2, 0) is 17.8 Å². The first-order valence-corrected chi connectivity index (χ1v) is 10.1. The summed E-state index contributed by atoms with van der Waals surface area (Å²) in [6.07, 6.45) is 2.27. The van der Waals surface area contributed by atoms with Gasteiger partial charge in [0, 0.05) is 24.5 Å². The highest BCUT2D eigenvalue weighted by molar-refractivity contribution is 7.09. The molecule has 144 valence electrons. The lowest BCUT2D eigenvalue weighted by atomic mass is 9.97. The lowest BCUT2D eigenvalue weighted by Gasteiger charge is -2.32.